The van der Waals surface area contributed by atoms with Gasteiger partial charge in [0.25, 0.3) is 0 Å². The van der Waals surface area contributed by atoms with Crippen LogP contribution in [0.5, 0.6) is 0 Å². The van der Waals surface area contributed by atoms with Crippen LogP contribution in [-0.4, -0.2) is 33.5 Å². The lowest BCUT2D eigenvalue weighted by Crippen LogP contribution is -2.27. The Morgan fingerprint density at radius 1 is 1.64 bits per heavy atom. The molecule has 1 heterocycles. The fourth-order valence-corrected chi connectivity index (χ4v) is 1.09. The second-order valence-electron chi connectivity index (χ2n) is 3.81. The van der Waals surface area contributed by atoms with Gasteiger partial charge in [-0.15, -0.1) is 5.10 Å². The van der Waals surface area contributed by atoms with Crippen LogP contribution >= 0.6 is 0 Å². The molecule has 0 spiro atoms. The SMILES string of the molecule is COC(C)(C)CC(=O)c1cnnn1C. The van der Waals surface area contributed by atoms with Gasteiger partial charge >= 0.3 is 0 Å². The Labute approximate surface area is 83.1 Å². The predicted octanol–water partition coefficient (Wildman–Crippen LogP) is 0.813. The van der Waals surface area contributed by atoms with Crippen molar-refractivity contribution in [2.75, 3.05) is 7.11 Å². The Kier molecular flexibility index (Phi) is 3.00. The summed E-state index contributed by atoms with van der Waals surface area (Å²) in [6, 6.07) is 0. The summed E-state index contributed by atoms with van der Waals surface area (Å²) in [5.74, 6) is -0.00986. The molecule has 5 nitrogen and oxygen atoms in total. The Hall–Kier alpha value is -1.23. The molecule has 0 aliphatic heterocycles. The first kappa shape index (κ1) is 10.8. The molecule has 0 atom stereocenters. The van der Waals surface area contributed by atoms with Crippen molar-refractivity contribution in [3.05, 3.63) is 11.9 Å². The monoisotopic (exact) mass is 197 g/mol. The molecule has 1 aromatic heterocycles. The maximum atomic E-state index is 11.7. The number of nitrogens with zero attached hydrogens (tertiary/aromatic N) is 3. The van der Waals surface area contributed by atoms with Gasteiger partial charge in [-0.25, -0.2) is 4.68 Å². The first-order valence-electron chi connectivity index (χ1n) is 4.39. The van der Waals surface area contributed by atoms with Gasteiger partial charge in [0, 0.05) is 20.6 Å². The topological polar surface area (TPSA) is 57.0 Å². The van der Waals surface area contributed by atoms with Crippen LogP contribution in [0.2, 0.25) is 0 Å². The molecule has 0 aliphatic carbocycles. The minimum Gasteiger partial charge on any atom is -0.378 e. The van der Waals surface area contributed by atoms with Crippen molar-refractivity contribution in [3.63, 3.8) is 0 Å². The molecular formula is C9H15N3O2. The Morgan fingerprint density at radius 3 is 2.71 bits per heavy atom. The van der Waals surface area contributed by atoms with Gasteiger partial charge in [0.2, 0.25) is 0 Å². The first-order valence-corrected chi connectivity index (χ1v) is 4.39. The third-order valence-corrected chi connectivity index (χ3v) is 2.14. The molecule has 0 bridgehead atoms. The van der Waals surface area contributed by atoms with Crippen molar-refractivity contribution < 1.29 is 9.53 Å². The van der Waals surface area contributed by atoms with Gasteiger partial charge in [0.05, 0.1) is 11.8 Å². The number of carbonyl (C=O) groups excluding carboxylic acids is 1. The van der Waals surface area contributed by atoms with E-state index < -0.39 is 5.60 Å². The highest BCUT2D eigenvalue weighted by atomic mass is 16.5. The van der Waals surface area contributed by atoms with Gasteiger partial charge in [-0.3, -0.25) is 4.79 Å². The number of aromatic nitrogens is 3. The molecule has 0 N–H and O–H groups in total. The van der Waals surface area contributed by atoms with Crippen LogP contribution in [0.15, 0.2) is 6.20 Å². The van der Waals surface area contributed by atoms with Crippen molar-refractivity contribution in [2.24, 2.45) is 7.05 Å². The Balaban J connectivity index is 2.73. The number of hydrogen-bond donors (Lipinski definition) is 0. The zero-order valence-electron chi connectivity index (χ0n) is 8.94. The Morgan fingerprint density at radius 2 is 2.29 bits per heavy atom. The standard InChI is InChI=1S/C9H15N3O2/c1-9(2,14-4)5-8(13)7-6-10-11-12(7)3/h6H,5H2,1-4H3. The van der Waals surface area contributed by atoms with E-state index in [1.54, 1.807) is 14.2 Å². The molecule has 1 aromatic rings. The minimum absolute atomic E-state index is 0.00986. The van der Waals surface area contributed by atoms with Crippen molar-refractivity contribution in [1.29, 1.82) is 0 Å². The molecule has 0 radical (unpaired) electrons. The van der Waals surface area contributed by atoms with Crippen LogP contribution in [0.25, 0.3) is 0 Å². The normalized spacial score (nSPS) is 11.7. The predicted molar refractivity (Wildman–Crippen MR) is 51.0 cm³/mol. The first-order chi connectivity index (χ1) is 6.46. The summed E-state index contributed by atoms with van der Waals surface area (Å²) in [6.45, 7) is 3.74. The molecule has 0 aliphatic rings. The van der Waals surface area contributed by atoms with Crippen molar-refractivity contribution >= 4 is 5.78 Å². The number of rotatable bonds is 4. The Bertz CT molecular complexity index is 331. The van der Waals surface area contributed by atoms with Crippen LogP contribution in [0.4, 0.5) is 0 Å². The fourth-order valence-electron chi connectivity index (χ4n) is 1.09. The second kappa shape index (κ2) is 3.88. The number of aryl methyl sites for hydroxylation is 1. The summed E-state index contributed by atoms with van der Waals surface area (Å²) in [5, 5.41) is 7.35. The molecule has 0 saturated carbocycles. The molecule has 0 saturated heterocycles. The highest BCUT2D eigenvalue weighted by Crippen LogP contribution is 2.15. The van der Waals surface area contributed by atoms with E-state index in [0.29, 0.717) is 12.1 Å². The lowest BCUT2D eigenvalue weighted by atomic mass is 10.0. The summed E-state index contributed by atoms with van der Waals surface area (Å²) in [4.78, 5) is 11.7. The highest BCUT2D eigenvalue weighted by molar-refractivity contribution is 5.94. The maximum absolute atomic E-state index is 11.7. The maximum Gasteiger partial charge on any atom is 0.185 e. The van der Waals surface area contributed by atoms with Gasteiger partial charge in [0.15, 0.2) is 5.78 Å². The lowest BCUT2D eigenvalue weighted by Gasteiger charge is -2.21. The molecule has 0 aromatic carbocycles. The average Bonchev–Trinajstić information content (AvgIpc) is 2.51. The summed E-state index contributed by atoms with van der Waals surface area (Å²) in [5.41, 5.74) is 0.0663. The zero-order valence-corrected chi connectivity index (χ0v) is 8.94. The van der Waals surface area contributed by atoms with E-state index in [9.17, 15) is 4.79 Å². The van der Waals surface area contributed by atoms with Crippen molar-refractivity contribution in [3.8, 4) is 0 Å². The van der Waals surface area contributed by atoms with Gasteiger partial charge in [-0.05, 0) is 13.8 Å². The third kappa shape index (κ3) is 2.38. The lowest BCUT2D eigenvalue weighted by molar-refractivity contribution is 0.0169. The second-order valence-corrected chi connectivity index (χ2v) is 3.81. The van der Waals surface area contributed by atoms with Crippen LogP contribution in [0.3, 0.4) is 0 Å². The van der Waals surface area contributed by atoms with Crippen molar-refractivity contribution in [2.45, 2.75) is 25.9 Å². The molecule has 5 heteroatoms. The molecule has 0 fully saturated rings. The fraction of sp³-hybridized carbons (Fsp3) is 0.667. The number of carbonyl (C=O) groups is 1. The molecule has 1 rings (SSSR count). The molecule has 14 heavy (non-hydrogen) atoms. The summed E-state index contributed by atoms with van der Waals surface area (Å²) < 4.78 is 6.64. The quantitative estimate of drug-likeness (QED) is 0.670. The third-order valence-electron chi connectivity index (χ3n) is 2.14. The molecule has 0 amide bonds. The van der Waals surface area contributed by atoms with E-state index in [4.69, 9.17) is 4.74 Å². The summed E-state index contributed by atoms with van der Waals surface area (Å²) in [7, 11) is 3.29. The summed E-state index contributed by atoms with van der Waals surface area (Å²) >= 11 is 0. The van der Waals surface area contributed by atoms with Gasteiger partial charge in [-0.1, -0.05) is 5.21 Å². The molecule has 78 valence electrons. The van der Waals surface area contributed by atoms with E-state index in [2.05, 4.69) is 10.3 Å². The van der Waals surface area contributed by atoms with Crippen LogP contribution in [-0.2, 0) is 11.8 Å². The largest absolute Gasteiger partial charge is 0.378 e. The number of Topliss-reactive ketones (excluding diaryl/α,β-unsaturated/α-hetero) is 1. The zero-order chi connectivity index (χ0) is 10.8. The molecular weight excluding hydrogens is 182 g/mol. The van der Waals surface area contributed by atoms with Crippen molar-refractivity contribution in [1.82, 2.24) is 15.0 Å². The van der Waals surface area contributed by atoms with Crippen LogP contribution in [0, 0.1) is 0 Å². The number of ether oxygens (including phenoxy) is 1. The van der Waals surface area contributed by atoms with Gasteiger partial charge in [0.1, 0.15) is 5.69 Å². The minimum atomic E-state index is -0.443. The highest BCUT2D eigenvalue weighted by Gasteiger charge is 2.23. The summed E-state index contributed by atoms with van der Waals surface area (Å²) in [6.07, 6.45) is 1.79. The molecule has 0 unspecified atom stereocenters. The number of ketones is 1. The van der Waals surface area contributed by atoms with E-state index in [1.807, 2.05) is 13.8 Å². The van der Waals surface area contributed by atoms with Gasteiger partial charge < -0.3 is 4.74 Å². The van der Waals surface area contributed by atoms with E-state index in [0.717, 1.165) is 0 Å². The number of methoxy groups -OCH3 is 1. The van der Waals surface area contributed by atoms with Crippen LogP contribution < -0.4 is 0 Å². The average molecular weight is 197 g/mol. The van der Waals surface area contributed by atoms with E-state index in [1.165, 1.54) is 10.9 Å². The number of hydrogen-bond acceptors (Lipinski definition) is 4. The van der Waals surface area contributed by atoms with Gasteiger partial charge in [-0.2, -0.15) is 0 Å². The van der Waals surface area contributed by atoms with E-state index >= 15 is 0 Å². The van der Waals surface area contributed by atoms with E-state index in [-0.39, 0.29) is 5.78 Å². The smallest absolute Gasteiger partial charge is 0.185 e. The van der Waals surface area contributed by atoms with Crippen LogP contribution in [0.1, 0.15) is 30.8 Å².